The first-order valence-electron chi connectivity index (χ1n) is 16.5. The minimum Gasteiger partial charge on any atom is -0.332 e. The van der Waals surface area contributed by atoms with Gasteiger partial charge in [0.05, 0.1) is 40.0 Å². The smallest absolute Gasteiger partial charge is 0.101 e. The second-order valence-electron chi connectivity index (χ2n) is 12.6. The number of fused-ring (bicyclic) bond motifs is 6. The summed E-state index contributed by atoms with van der Waals surface area (Å²) < 4.78 is 4.72. The minimum absolute atomic E-state index is 0.0487. The van der Waals surface area contributed by atoms with Gasteiger partial charge in [0.25, 0.3) is 0 Å². The van der Waals surface area contributed by atoms with Crippen molar-refractivity contribution in [2.24, 2.45) is 0 Å². The Labute approximate surface area is 279 Å². The van der Waals surface area contributed by atoms with Gasteiger partial charge in [-0.3, -0.25) is 0 Å². The van der Waals surface area contributed by atoms with Gasteiger partial charge in [0.2, 0.25) is 0 Å². The lowest BCUT2D eigenvalue weighted by Crippen LogP contribution is -2.09. The van der Waals surface area contributed by atoms with E-state index in [1.165, 1.54) is 22.2 Å². The van der Waals surface area contributed by atoms with E-state index in [2.05, 4.69) is 137 Å². The number of hydrogen-bond donors (Lipinski definition) is 0. The van der Waals surface area contributed by atoms with Crippen molar-refractivity contribution >= 4 is 44.4 Å². The molecular weight excluding hydrogens is 585 g/mol. The fourth-order valence-corrected chi connectivity index (χ4v) is 7.87. The molecule has 226 valence electrons. The summed E-state index contributed by atoms with van der Waals surface area (Å²) >= 11 is 0. The molecule has 0 amide bonds. The van der Waals surface area contributed by atoms with Crippen LogP contribution in [0.3, 0.4) is 0 Å². The fourth-order valence-electron chi connectivity index (χ4n) is 7.87. The van der Waals surface area contributed by atoms with Crippen molar-refractivity contribution < 1.29 is 0 Å². The summed E-state index contributed by atoms with van der Waals surface area (Å²) in [6, 6.07) is 42.7. The van der Waals surface area contributed by atoms with Crippen molar-refractivity contribution in [3.63, 3.8) is 0 Å². The molecular formula is C44H30N4. The Morgan fingerprint density at radius 1 is 0.667 bits per heavy atom. The largest absolute Gasteiger partial charge is 0.332 e. The van der Waals surface area contributed by atoms with Crippen LogP contribution in [0, 0.1) is 22.7 Å². The van der Waals surface area contributed by atoms with Gasteiger partial charge < -0.3 is 9.13 Å². The molecule has 2 heterocycles. The number of nitriles is 2. The Balaban J connectivity index is 1.20. The number of nitrogens with zero attached hydrogens (tertiary/aromatic N) is 4. The zero-order chi connectivity index (χ0) is 32.2. The van der Waals surface area contributed by atoms with E-state index in [1.54, 1.807) is 0 Å². The second kappa shape index (κ2) is 11.2. The zero-order valence-electron chi connectivity index (χ0n) is 26.3. The van der Waals surface area contributed by atoms with Gasteiger partial charge in [-0.1, -0.05) is 91.0 Å². The lowest BCUT2D eigenvalue weighted by molar-refractivity contribution is 0.649. The van der Waals surface area contributed by atoms with Gasteiger partial charge in [0, 0.05) is 32.9 Å². The summed E-state index contributed by atoms with van der Waals surface area (Å²) in [5, 5.41) is 23.6. The van der Waals surface area contributed by atoms with Gasteiger partial charge in [-0.15, -0.1) is 0 Å². The van der Waals surface area contributed by atoms with Crippen molar-refractivity contribution in [3.8, 4) is 29.0 Å². The summed E-state index contributed by atoms with van der Waals surface area (Å²) in [5.41, 5.74) is 12.6. The minimum atomic E-state index is 0.0487. The molecule has 2 aliphatic carbocycles. The van der Waals surface area contributed by atoms with E-state index in [0.717, 1.165) is 69.0 Å². The molecule has 9 rings (SSSR count). The molecule has 0 fully saturated rings. The Morgan fingerprint density at radius 2 is 1.46 bits per heavy atom. The summed E-state index contributed by atoms with van der Waals surface area (Å²) in [6.45, 7) is 0. The maximum Gasteiger partial charge on any atom is 0.101 e. The van der Waals surface area contributed by atoms with E-state index < -0.39 is 0 Å². The average molecular weight is 615 g/mol. The Bertz CT molecular complexity index is 2630. The van der Waals surface area contributed by atoms with Gasteiger partial charge in [-0.05, 0) is 90.1 Å². The third kappa shape index (κ3) is 4.28. The molecule has 0 aliphatic heterocycles. The van der Waals surface area contributed by atoms with Gasteiger partial charge >= 0.3 is 0 Å². The van der Waals surface area contributed by atoms with Gasteiger partial charge in [-0.2, -0.15) is 10.5 Å². The van der Waals surface area contributed by atoms with E-state index in [-0.39, 0.29) is 6.04 Å². The predicted octanol–water partition coefficient (Wildman–Crippen LogP) is 10.7. The van der Waals surface area contributed by atoms with Gasteiger partial charge in [-0.25, -0.2) is 0 Å². The Hall–Kier alpha value is -6.36. The third-order valence-electron chi connectivity index (χ3n) is 9.96. The van der Waals surface area contributed by atoms with Crippen molar-refractivity contribution in [2.45, 2.75) is 25.3 Å². The molecule has 1 atom stereocenters. The quantitative estimate of drug-likeness (QED) is 0.198. The number of benzene rings is 5. The van der Waals surface area contributed by atoms with E-state index in [1.807, 2.05) is 24.3 Å². The highest BCUT2D eigenvalue weighted by molar-refractivity contribution is 6.10. The lowest BCUT2D eigenvalue weighted by atomic mass is 9.93. The van der Waals surface area contributed by atoms with E-state index in [4.69, 9.17) is 0 Å². The van der Waals surface area contributed by atoms with Crippen LogP contribution in [0.2, 0.25) is 0 Å². The number of hydrogen-bond acceptors (Lipinski definition) is 2. The number of allylic oxidation sites excluding steroid dienone is 5. The zero-order valence-corrected chi connectivity index (χ0v) is 26.3. The topological polar surface area (TPSA) is 57.4 Å². The molecule has 0 spiro atoms. The molecule has 0 radical (unpaired) electrons. The summed E-state index contributed by atoms with van der Waals surface area (Å²) in [6.07, 6.45) is 14.2. The van der Waals surface area contributed by atoms with Crippen LogP contribution < -0.4 is 0 Å². The Morgan fingerprint density at radius 3 is 2.33 bits per heavy atom. The molecule has 0 N–H and O–H groups in total. The molecule has 4 heteroatoms. The monoisotopic (exact) mass is 614 g/mol. The molecule has 5 aromatic carbocycles. The average Bonchev–Trinajstić information content (AvgIpc) is 3.68. The maximum absolute atomic E-state index is 10.1. The number of rotatable bonds is 4. The predicted molar refractivity (Wildman–Crippen MR) is 196 cm³/mol. The lowest BCUT2D eigenvalue weighted by Gasteiger charge is -2.22. The van der Waals surface area contributed by atoms with E-state index in [0.29, 0.717) is 11.1 Å². The number of para-hydroxylation sites is 3. The van der Waals surface area contributed by atoms with Crippen LogP contribution in [0.1, 0.15) is 46.8 Å². The fraction of sp³-hybridized carbons (Fsp3) is 0.0909. The van der Waals surface area contributed by atoms with E-state index >= 15 is 0 Å². The molecule has 4 nitrogen and oxygen atoms in total. The second-order valence-corrected chi connectivity index (χ2v) is 12.6. The molecule has 7 aromatic rings. The molecule has 0 saturated heterocycles. The van der Waals surface area contributed by atoms with Crippen LogP contribution in [0.15, 0.2) is 133 Å². The van der Waals surface area contributed by atoms with Crippen LogP contribution in [-0.4, -0.2) is 9.13 Å². The molecule has 0 bridgehead atoms. The summed E-state index contributed by atoms with van der Waals surface area (Å²) in [4.78, 5) is 0. The SMILES string of the molecule is N#Cc1ccc(-n2c3c(c4ccccc42)CCC=C3)c(-c2cccc(C3=CC(n4c5ccccc5c5cccc(C#N)c54)CC=C3)c2)c1. The van der Waals surface area contributed by atoms with Crippen LogP contribution in [-0.2, 0) is 6.42 Å². The number of aryl methyl sites for hydroxylation is 1. The first-order chi connectivity index (χ1) is 23.7. The standard InChI is InChI=1S/C44H30N4/c45-27-29-22-23-43(48-41-20-5-1-15-35(41)36-16-2-6-21-42(36)48)39(24-29)32-12-7-10-30(25-32)31-11-8-14-34(26-31)47-40-19-4-3-17-37(40)38-18-9-13-33(28-46)44(38)47/h1,3-13,15,17-26,34H,2,14,16H2. The highest BCUT2D eigenvalue weighted by Gasteiger charge is 2.23. The van der Waals surface area contributed by atoms with Crippen molar-refractivity contribution in [2.75, 3.05) is 0 Å². The normalized spacial score (nSPS) is 15.4. The van der Waals surface area contributed by atoms with Crippen LogP contribution in [0.25, 0.3) is 61.2 Å². The van der Waals surface area contributed by atoms with Crippen molar-refractivity contribution in [1.29, 1.82) is 10.5 Å². The summed E-state index contributed by atoms with van der Waals surface area (Å²) in [5.74, 6) is 0. The molecule has 2 aliphatic rings. The molecule has 2 aromatic heterocycles. The van der Waals surface area contributed by atoms with E-state index in [9.17, 15) is 10.5 Å². The maximum atomic E-state index is 10.1. The first-order valence-corrected chi connectivity index (χ1v) is 16.5. The Kier molecular flexibility index (Phi) is 6.49. The van der Waals surface area contributed by atoms with Crippen LogP contribution >= 0.6 is 0 Å². The third-order valence-corrected chi connectivity index (χ3v) is 9.96. The highest BCUT2D eigenvalue weighted by Crippen LogP contribution is 2.40. The van der Waals surface area contributed by atoms with Gasteiger partial charge in [0.1, 0.15) is 6.07 Å². The summed E-state index contributed by atoms with van der Waals surface area (Å²) in [7, 11) is 0. The van der Waals surface area contributed by atoms with Crippen LogP contribution in [0.4, 0.5) is 0 Å². The number of aromatic nitrogens is 2. The van der Waals surface area contributed by atoms with Gasteiger partial charge in [0.15, 0.2) is 0 Å². The van der Waals surface area contributed by atoms with Crippen molar-refractivity contribution in [1.82, 2.24) is 9.13 Å². The van der Waals surface area contributed by atoms with Crippen molar-refractivity contribution in [3.05, 3.63) is 161 Å². The van der Waals surface area contributed by atoms with Crippen LogP contribution in [0.5, 0.6) is 0 Å². The molecule has 48 heavy (non-hydrogen) atoms. The molecule has 0 saturated carbocycles. The first kappa shape index (κ1) is 27.9. The molecule has 1 unspecified atom stereocenters. The highest BCUT2D eigenvalue weighted by atomic mass is 15.0.